The zero-order chi connectivity index (χ0) is 16.8. The number of hydrogen-bond donors (Lipinski definition) is 2. The standard InChI is InChI=1S/C17H22N4OS2/c1-2-10-18-15-20-21-16(24-15)23-11-14(22)19-12-17(8-9-17)13-6-4-3-5-7-13/h3-7H,2,8-12H2,1H3,(H,18,20)(H,19,22). The van der Waals surface area contributed by atoms with E-state index in [4.69, 9.17) is 0 Å². The number of anilines is 1. The van der Waals surface area contributed by atoms with Gasteiger partial charge in [-0.3, -0.25) is 4.79 Å². The summed E-state index contributed by atoms with van der Waals surface area (Å²) in [6.45, 7) is 3.72. The van der Waals surface area contributed by atoms with Crippen molar-refractivity contribution in [2.24, 2.45) is 0 Å². The van der Waals surface area contributed by atoms with Gasteiger partial charge in [0.1, 0.15) is 0 Å². The van der Waals surface area contributed by atoms with Crippen LogP contribution in [0.15, 0.2) is 34.7 Å². The van der Waals surface area contributed by atoms with Crippen molar-refractivity contribution in [3.63, 3.8) is 0 Å². The van der Waals surface area contributed by atoms with Gasteiger partial charge in [0.15, 0.2) is 4.34 Å². The Morgan fingerprint density at radius 1 is 1.29 bits per heavy atom. The fourth-order valence-electron chi connectivity index (χ4n) is 2.53. The maximum absolute atomic E-state index is 12.1. The van der Waals surface area contributed by atoms with Crippen LogP contribution in [-0.4, -0.2) is 34.9 Å². The third-order valence-electron chi connectivity index (χ3n) is 4.12. The Bertz CT molecular complexity index is 670. The smallest absolute Gasteiger partial charge is 0.230 e. The second kappa shape index (κ2) is 7.98. The van der Waals surface area contributed by atoms with Crippen LogP contribution in [0.5, 0.6) is 0 Å². The lowest BCUT2D eigenvalue weighted by Crippen LogP contribution is -2.33. The molecule has 1 aromatic heterocycles. The van der Waals surface area contributed by atoms with Crippen LogP contribution in [0.1, 0.15) is 31.7 Å². The van der Waals surface area contributed by atoms with Crippen molar-refractivity contribution in [1.82, 2.24) is 15.5 Å². The molecule has 0 radical (unpaired) electrons. The average molecular weight is 363 g/mol. The fraction of sp³-hybridized carbons (Fsp3) is 0.471. The van der Waals surface area contributed by atoms with Crippen LogP contribution in [0, 0.1) is 0 Å². The zero-order valence-electron chi connectivity index (χ0n) is 13.7. The molecule has 2 N–H and O–H groups in total. The van der Waals surface area contributed by atoms with Crippen LogP contribution in [0.3, 0.4) is 0 Å². The molecule has 0 unspecified atom stereocenters. The average Bonchev–Trinajstić information content (AvgIpc) is 3.28. The number of aromatic nitrogens is 2. The molecule has 3 rings (SSSR count). The van der Waals surface area contributed by atoms with E-state index in [0.29, 0.717) is 5.75 Å². The second-order valence-corrected chi connectivity index (χ2v) is 8.21. The highest BCUT2D eigenvalue weighted by Crippen LogP contribution is 2.47. The zero-order valence-corrected chi connectivity index (χ0v) is 15.4. The second-order valence-electron chi connectivity index (χ2n) is 6.01. The molecule has 0 bridgehead atoms. The molecule has 1 aromatic carbocycles. The first-order valence-corrected chi connectivity index (χ1v) is 10.0. The Hall–Kier alpha value is -1.60. The van der Waals surface area contributed by atoms with Gasteiger partial charge in [-0.1, -0.05) is 60.4 Å². The van der Waals surface area contributed by atoms with Crippen LogP contribution in [0.2, 0.25) is 0 Å². The number of carbonyl (C=O) groups excluding carboxylic acids is 1. The molecule has 1 fully saturated rings. The van der Waals surface area contributed by atoms with Crippen molar-refractivity contribution in [2.75, 3.05) is 24.2 Å². The van der Waals surface area contributed by atoms with Crippen molar-refractivity contribution in [1.29, 1.82) is 0 Å². The largest absolute Gasteiger partial charge is 0.360 e. The lowest BCUT2D eigenvalue weighted by molar-refractivity contribution is -0.118. The van der Waals surface area contributed by atoms with Gasteiger partial charge in [0.2, 0.25) is 11.0 Å². The van der Waals surface area contributed by atoms with Gasteiger partial charge in [-0.15, -0.1) is 10.2 Å². The maximum Gasteiger partial charge on any atom is 0.230 e. The summed E-state index contributed by atoms with van der Waals surface area (Å²) in [6.07, 6.45) is 3.34. The number of amides is 1. The number of rotatable bonds is 9. The minimum absolute atomic E-state index is 0.0560. The molecule has 7 heteroatoms. The molecule has 0 atom stereocenters. The Labute approximate surface area is 150 Å². The van der Waals surface area contributed by atoms with Gasteiger partial charge in [0.05, 0.1) is 5.75 Å². The van der Waals surface area contributed by atoms with Crippen molar-refractivity contribution in [2.45, 2.75) is 35.9 Å². The predicted molar refractivity (Wildman–Crippen MR) is 99.8 cm³/mol. The lowest BCUT2D eigenvalue weighted by atomic mass is 9.96. The third kappa shape index (κ3) is 4.48. The Balaban J connectivity index is 1.42. The van der Waals surface area contributed by atoms with E-state index >= 15 is 0 Å². The molecule has 0 aliphatic heterocycles. The number of benzene rings is 1. The summed E-state index contributed by atoms with van der Waals surface area (Å²) >= 11 is 2.94. The minimum Gasteiger partial charge on any atom is -0.360 e. The van der Waals surface area contributed by atoms with Gasteiger partial charge < -0.3 is 10.6 Å². The molecule has 0 spiro atoms. The van der Waals surface area contributed by atoms with E-state index in [9.17, 15) is 4.79 Å². The molecule has 128 valence electrons. The summed E-state index contributed by atoms with van der Waals surface area (Å²) in [5.74, 6) is 0.438. The molecular formula is C17H22N4OS2. The molecule has 2 aromatic rings. The number of carbonyl (C=O) groups is 1. The van der Waals surface area contributed by atoms with Crippen molar-refractivity contribution in [3.8, 4) is 0 Å². The number of nitrogens with zero attached hydrogens (tertiary/aromatic N) is 2. The minimum atomic E-state index is 0.0560. The van der Waals surface area contributed by atoms with E-state index in [1.807, 2.05) is 6.07 Å². The Kier molecular flexibility index (Phi) is 5.73. The highest BCUT2D eigenvalue weighted by atomic mass is 32.2. The SMILES string of the molecule is CCCNc1nnc(SCC(=O)NCC2(c3ccccc3)CC2)s1. The van der Waals surface area contributed by atoms with Gasteiger partial charge in [-0.05, 0) is 24.8 Å². The summed E-state index contributed by atoms with van der Waals surface area (Å²) < 4.78 is 0.827. The van der Waals surface area contributed by atoms with E-state index < -0.39 is 0 Å². The van der Waals surface area contributed by atoms with E-state index in [2.05, 4.69) is 52.0 Å². The van der Waals surface area contributed by atoms with Crippen LogP contribution in [-0.2, 0) is 10.2 Å². The van der Waals surface area contributed by atoms with Gasteiger partial charge in [0, 0.05) is 18.5 Å². The van der Waals surface area contributed by atoms with Gasteiger partial charge in [-0.2, -0.15) is 0 Å². The van der Waals surface area contributed by atoms with Crippen LogP contribution in [0.4, 0.5) is 5.13 Å². The molecule has 1 aliphatic rings. The molecule has 5 nitrogen and oxygen atoms in total. The van der Waals surface area contributed by atoms with Crippen molar-refractivity contribution < 1.29 is 4.79 Å². The monoisotopic (exact) mass is 362 g/mol. The highest BCUT2D eigenvalue weighted by molar-refractivity contribution is 8.01. The summed E-state index contributed by atoms with van der Waals surface area (Å²) in [5.41, 5.74) is 1.48. The molecule has 0 saturated heterocycles. The number of nitrogens with one attached hydrogen (secondary N) is 2. The molecule has 1 amide bonds. The van der Waals surface area contributed by atoms with Gasteiger partial charge >= 0.3 is 0 Å². The first kappa shape index (κ1) is 17.2. The Morgan fingerprint density at radius 3 is 2.79 bits per heavy atom. The summed E-state index contributed by atoms with van der Waals surface area (Å²) in [7, 11) is 0. The molecule has 24 heavy (non-hydrogen) atoms. The number of hydrogen-bond acceptors (Lipinski definition) is 6. The van der Waals surface area contributed by atoms with Gasteiger partial charge in [0.25, 0.3) is 0 Å². The van der Waals surface area contributed by atoms with Crippen molar-refractivity contribution in [3.05, 3.63) is 35.9 Å². The topological polar surface area (TPSA) is 66.9 Å². The highest BCUT2D eigenvalue weighted by Gasteiger charge is 2.44. The first-order valence-electron chi connectivity index (χ1n) is 8.24. The lowest BCUT2D eigenvalue weighted by Gasteiger charge is -2.16. The van der Waals surface area contributed by atoms with Gasteiger partial charge in [-0.25, -0.2) is 0 Å². The van der Waals surface area contributed by atoms with Crippen LogP contribution < -0.4 is 10.6 Å². The summed E-state index contributed by atoms with van der Waals surface area (Å²) in [5, 5.41) is 15.3. The van der Waals surface area contributed by atoms with E-state index in [-0.39, 0.29) is 11.3 Å². The third-order valence-corrected chi connectivity index (χ3v) is 6.14. The van der Waals surface area contributed by atoms with E-state index in [1.165, 1.54) is 28.7 Å². The first-order chi connectivity index (χ1) is 11.7. The number of thioether (sulfide) groups is 1. The van der Waals surface area contributed by atoms with Crippen molar-refractivity contribution >= 4 is 34.1 Å². The summed E-state index contributed by atoms with van der Waals surface area (Å²) in [6, 6.07) is 10.5. The maximum atomic E-state index is 12.1. The molecule has 1 aliphatic carbocycles. The van der Waals surface area contributed by atoms with E-state index in [0.717, 1.165) is 41.8 Å². The fourth-order valence-corrected chi connectivity index (χ4v) is 4.14. The summed E-state index contributed by atoms with van der Waals surface area (Å²) in [4.78, 5) is 12.1. The Morgan fingerprint density at radius 2 is 2.08 bits per heavy atom. The molecular weight excluding hydrogens is 340 g/mol. The van der Waals surface area contributed by atoms with E-state index in [1.54, 1.807) is 0 Å². The predicted octanol–water partition coefficient (Wildman–Crippen LogP) is 3.30. The quantitative estimate of drug-likeness (QED) is 0.670. The van der Waals surface area contributed by atoms with Crippen LogP contribution in [0.25, 0.3) is 0 Å². The molecule has 1 heterocycles. The normalized spacial score (nSPS) is 15.0. The van der Waals surface area contributed by atoms with Crippen LogP contribution >= 0.6 is 23.1 Å². The molecule has 1 saturated carbocycles.